The van der Waals surface area contributed by atoms with Gasteiger partial charge in [0.1, 0.15) is 22.3 Å². The normalized spacial score (nSPS) is 30.7. The van der Waals surface area contributed by atoms with Crippen molar-refractivity contribution in [1.82, 2.24) is 4.72 Å². The van der Waals surface area contributed by atoms with E-state index in [1.807, 2.05) is 31.2 Å². The maximum Gasteiger partial charge on any atom is 0.263 e. The number of allylic oxidation sites excluding steroid dienone is 1. The van der Waals surface area contributed by atoms with E-state index in [4.69, 9.17) is 16.3 Å². The first kappa shape index (κ1) is 31.0. The van der Waals surface area contributed by atoms with Crippen LogP contribution in [0.25, 0.3) is 0 Å². The number of fused-ring (bicyclic) bond motifs is 2. The zero-order valence-electron chi connectivity index (χ0n) is 24.6. The number of nitrogens with one attached hydrogen (secondary N) is 1. The number of aliphatic hydroxyl groups excluding tert-OH is 1. The number of aryl methyl sites for hydroxylation is 1. The van der Waals surface area contributed by atoms with Gasteiger partial charge in [0.25, 0.3) is 5.91 Å². The number of anilines is 1. The van der Waals surface area contributed by atoms with E-state index >= 15 is 0 Å². The number of ether oxygens (including phenoxy) is 1. The van der Waals surface area contributed by atoms with Crippen molar-refractivity contribution < 1.29 is 24.0 Å². The summed E-state index contributed by atoms with van der Waals surface area (Å²) in [5.41, 5.74) is 2.36. The minimum atomic E-state index is -1.56. The molecule has 6 atom stereocenters. The number of nitrogens with zero attached hydrogens (tertiary/aromatic N) is 1. The fourth-order valence-electron chi connectivity index (χ4n) is 6.74. The largest absolute Gasteiger partial charge is 0.491 e. The lowest BCUT2D eigenvalue weighted by Gasteiger charge is -2.47. The minimum Gasteiger partial charge on any atom is -0.491 e. The Balaban J connectivity index is 1.55. The molecule has 2 bridgehead atoms. The molecule has 0 spiro atoms. The molecule has 2 heterocycles. The van der Waals surface area contributed by atoms with Crippen LogP contribution in [0.15, 0.2) is 48.6 Å². The number of amides is 1. The van der Waals surface area contributed by atoms with Crippen LogP contribution in [0.4, 0.5) is 5.69 Å². The molecule has 1 aliphatic carbocycles. The molecule has 1 fully saturated rings. The van der Waals surface area contributed by atoms with E-state index < -0.39 is 16.6 Å². The second-order valence-electron chi connectivity index (χ2n) is 12.0. The number of rotatable bonds is 5. The predicted molar refractivity (Wildman–Crippen MR) is 169 cm³/mol. The standard InChI is InChI=1S/C33H43ClN2O5S/c1-3-7-22-16-26(34)11-12-28(22)25-19-36-18-24-9-13-29(24)33(39,21-37)15-6-5-8-27(4-2)42(40)35-32(38)23-10-14-31(41-20-25)30(36)17-23/h6,10-12,14-17,24-25,27,29,37,39H,3-5,7-9,13,18-21H2,1-2H3,(H,35,38)/b15-6+/t24?,25?,27?,29?,33-,42?/m1/s1. The maximum absolute atomic E-state index is 13.3. The fourth-order valence-corrected chi connectivity index (χ4v) is 8.06. The number of aliphatic hydroxyl groups is 2. The highest BCUT2D eigenvalue weighted by Crippen LogP contribution is 2.45. The van der Waals surface area contributed by atoms with Crippen LogP contribution in [0.5, 0.6) is 5.75 Å². The number of halogens is 1. The Kier molecular flexibility index (Phi) is 9.98. The summed E-state index contributed by atoms with van der Waals surface area (Å²) in [5, 5.41) is 22.4. The van der Waals surface area contributed by atoms with Crippen LogP contribution in [-0.2, 0) is 17.4 Å². The van der Waals surface area contributed by atoms with Gasteiger partial charge in [-0.1, -0.05) is 50.1 Å². The quantitative estimate of drug-likeness (QED) is 0.382. The third kappa shape index (κ3) is 6.57. The van der Waals surface area contributed by atoms with Crippen molar-refractivity contribution >= 4 is 34.2 Å². The van der Waals surface area contributed by atoms with E-state index in [1.54, 1.807) is 12.1 Å². The molecule has 42 heavy (non-hydrogen) atoms. The molecular weight excluding hydrogens is 572 g/mol. The lowest BCUT2D eigenvalue weighted by atomic mass is 9.64. The number of benzene rings is 2. The Morgan fingerprint density at radius 2 is 1.98 bits per heavy atom. The highest BCUT2D eigenvalue weighted by atomic mass is 35.5. The summed E-state index contributed by atoms with van der Waals surface area (Å²) >= 11 is 6.38. The zero-order chi connectivity index (χ0) is 29.9. The molecule has 0 radical (unpaired) electrons. The number of hydrogen-bond donors (Lipinski definition) is 3. The predicted octanol–water partition coefficient (Wildman–Crippen LogP) is 5.55. The van der Waals surface area contributed by atoms with Crippen molar-refractivity contribution in [2.24, 2.45) is 11.8 Å². The van der Waals surface area contributed by atoms with Crippen molar-refractivity contribution in [3.63, 3.8) is 0 Å². The van der Waals surface area contributed by atoms with Gasteiger partial charge in [-0.3, -0.25) is 9.52 Å². The molecule has 2 aliphatic heterocycles. The lowest BCUT2D eigenvalue weighted by Crippen LogP contribution is -2.52. The van der Waals surface area contributed by atoms with Crippen molar-refractivity contribution in [1.29, 1.82) is 0 Å². The fraction of sp³-hybridized carbons (Fsp3) is 0.545. The second-order valence-corrected chi connectivity index (χ2v) is 13.9. The van der Waals surface area contributed by atoms with Gasteiger partial charge in [-0.05, 0) is 91.8 Å². The Morgan fingerprint density at radius 3 is 2.69 bits per heavy atom. The third-order valence-corrected chi connectivity index (χ3v) is 11.1. The molecule has 7 nitrogen and oxygen atoms in total. The summed E-state index contributed by atoms with van der Waals surface area (Å²) in [6.45, 7) is 5.57. The van der Waals surface area contributed by atoms with Crippen molar-refractivity contribution in [2.45, 2.75) is 75.6 Å². The lowest BCUT2D eigenvalue weighted by molar-refractivity contribution is -0.0768. The van der Waals surface area contributed by atoms with Gasteiger partial charge in [-0.25, -0.2) is 4.21 Å². The Hall–Kier alpha value is -2.39. The number of carbonyl (C=O) groups is 1. The Labute approximate surface area is 256 Å². The summed E-state index contributed by atoms with van der Waals surface area (Å²) < 4.78 is 22.2. The summed E-state index contributed by atoms with van der Waals surface area (Å²) in [6, 6.07) is 11.5. The third-order valence-electron chi connectivity index (χ3n) is 9.29. The average molecular weight is 615 g/mol. The highest BCUT2D eigenvalue weighted by molar-refractivity contribution is 7.84. The van der Waals surface area contributed by atoms with E-state index in [1.165, 1.54) is 11.1 Å². The van der Waals surface area contributed by atoms with E-state index in [2.05, 4.69) is 28.7 Å². The van der Waals surface area contributed by atoms with E-state index in [0.29, 0.717) is 50.3 Å². The Morgan fingerprint density at radius 1 is 1.14 bits per heavy atom. The summed E-state index contributed by atoms with van der Waals surface area (Å²) in [7, 11) is -1.56. The summed E-state index contributed by atoms with van der Waals surface area (Å²) in [5.74, 6) is 0.456. The second kappa shape index (κ2) is 13.5. The first-order valence-electron chi connectivity index (χ1n) is 15.3. The molecule has 9 heteroatoms. The van der Waals surface area contributed by atoms with Gasteiger partial charge in [0, 0.05) is 29.6 Å². The van der Waals surface area contributed by atoms with Crippen LogP contribution in [0.3, 0.4) is 0 Å². The SMILES string of the molecule is CCCc1cc(Cl)ccc1C1COc2ccc3cc2N(C1)CC1CCC1[C@](O)(CO)/C=C/CCC(CC)S(=O)NC3=O. The number of carbonyl (C=O) groups excluding carboxylic acids is 1. The van der Waals surface area contributed by atoms with Crippen LogP contribution in [0.1, 0.15) is 79.8 Å². The molecule has 1 amide bonds. The highest BCUT2D eigenvalue weighted by Gasteiger charge is 2.46. The minimum absolute atomic E-state index is 0.0621. The van der Waals surface area contributed by atoms with E-state index in [0.717, 1.165) is 36.4 Å². The molecular formula is C33H43ClN2O5S. The zero-order valence-corrected chi connectivity index (χ0v) is 26.1. The first-order chi connectivity index (χ1) is 20.3. The van der Waals surface area contributed by atoms with Gasteiger partial charge in [0.15, 0.2) is 0 Å². The van der Waals surface area contributed by atoms with Gasteiger partial charge in [-0.15, -0.1) is 0 Å². The molecule has 1 saturated carbocycles. The van der Waals surface area contributed by atoms with Gasteiger partial charge >= 0.3 is 0 Å². The van der Waals surface area contributed by atoms with Crippen molar-refractivity contribution in [3.8, 4) is 5.75 Å². The smallest absolute Gasteiger partial charge is 0.263 e. The molecule has 5 rings (SSSR count). The van der Waals surface area contributed by atoms with Crippen LogP contribution in [0, 0.1) is 11.8 Å². The van der Waals surface area contributed by atoms with Gasteiger partial charge in [0.05, 0.1) is 24.2 Å². The monoisotopic (exact) mass is 614 g/mol. The van der Waals surface area contributed by atoms with Crippen LogP contribution in [-0.4, -0.2) is 57.5 Å². The van der Waals surface area contributed by atoms with Gasteiger partial charge < -0.3 is 19.8 Å². The van der Waals surface area contributed by atoms with Crippen molar-refractivity contribution in [2.75, 3.05) is 31.2 Å². The van der Waals surface area contributed by atoms with E-state index in [9.17, 15) is 19.2 Å². The first-order valence-corrected chi connectivity index (χ1v) is 16.9. The molecule has 5 unspecified atom stereocenters. The molecule has 228 valence electrons. The summed E-state index contributed by atoms with van der Waals surface area (Å²) in [4.78, 5) is 15.6. The molecule has 0 saturated heterocycles. The van der Waals surface area contributed by atoms with Crippen LogP contribution < -0.4 is 14.4 Å². The molecule has 3 N–H and O–H groups in total. The topological polar surface area (TPSA) is 99.1 Å². The molecule has 0 aromatic heterocycles. The molecule has 2 aromatic carbocycles. The Bertz CT molecular complexity index is 1340. The number of hydrogen-bond acceptors (Lipinski definition) is 6. The maximum atomic E-state index is 13.3. The van der Waals surface area contributed by atoms with E-state index in [-0.39, 0.29) is 35.5 Å². The molecule has 3 aliphatic rings. The van der Waals surface area contributed by atoms with Crippen LogP contribution in [0.2, 0.25) is 5.02 Å². The molecule has 2 aromatic rings. The summed E-state index contributed by atoms with van der Waals surface area (Å²) in [6.07, 6.45) is 9.18. The van der Waals surface area contributed by atoms with Crippen molar-refractivity contribution in [3.05, 3.63) is 70.3 Å². The van der Waals surface area contributed by atoms with Crippen LogP contribution >= 0.6 is 11.6 Å². The average Bonchev–Trinajstić information content (AvgIpc) is 3.14. The van der Waals surface area contributed by atoms with Gasteiger partial charge in [0.2, 0.25) is 0 Å². The van der Waals surface area contributed by atoms with Gasteiger partial charge in [-0.2, -0.15) is 0 Å².